The lowest BCUT2D eigenvalue weighted by Crippen LogP contribution is -2.44. The molecule has 3 atom stereocenters. The van der Waals surface area contributed by atoms with Gasteiger partial charge in [-0.2, -0.15) is 0 Å². The van der Waals surface area contributed by atoms with Gasteiger partial charge >= 0.3 is 0 Å². The number of benzene rings is 2. The first-order valence-corrected chi connectivity index (χ1v) is 10.3. The Morgan fingerprint density at radius 1 is 0.893 bits per heavy atom. The normalized spacial score (nSPS) is 21.7. The lowest BCUT2D eigenvalue weighted by Gasteiger charge is -2.34. The fourth-order valence-electron chi connectivity index (χ4n) is 3.99. The number of carbonyl (C=O) groups is 2. The van der Waals surface area contributed by atoms with Crippen LogP contribution in [0.4, 0.5) is 11.4 Å². The quantitative estimate of drug-likeness (QED) is 0.763. The van der Waals surface area contributed by atoms with Gasteiger partial charge in [-0.05, 0) is 42.5 Å². The Morgan fingerprint density at radius 3 is 2.04 bits per heavy atom. The summed E-state index contributed by atoms with van der Waals surface area (Å²) in [5, 5.41) is 3.16. The molecule has 0 spiro atoms. The summed E-state index contributed by atoms with van der Waals surface area (Å²) in [5.74, 6) is 1.02. The molecule has 0 saturated heterocycles. The van der Waals surface area contributed by atoms with Crippen molar-refractivity contribution in [2.24, 2.45) is 11.8 Å². The maximum absolute atomic E-state index is 13.0. The van der Waals surface area contributed by atoms with E-state index >= 15 is 0 Å². The molecule has 2 aromatic carbocycles. The van der Waals surface area contributed by atoms with Crippen molar-refractivity contribution in [3.05, 3.63) is 60.7 Å². The first kappa shape index (κ1) is 20.1. The minimum absolute atomic E-state index is 0.0274. The molecule has 1 aliphatic carbocycles. The van der Waals surface area contributed by atoms with Gasteiger partial charge in [-0.15, -0.1) is 0 Å². The van der Waals surface area contributed by atoms with Crippen LogP contribution in [-0.2, 0) is 9.59 Å². The number of hydrogen-bond acceptors (Lipinski definition) is 2. The third-order valence-electron chi connectivity index (χ3n) is 5.90. The van der Waals surface area contributed by atoms with Gasteiger partial charge in [-0.3, -0.25) is 14.5 Å². The SMILES string of the molecule is C[C@@H]1[C@H](C)CCC[C@H]1NC(=O)CCC(=O)N(c1ccccc1)c1ccccc1. The third-order valence-corrected chi connectivity index (χ3v) is 5.90. The summed E-state index contributed by atoms with van der Waals surface area (Å²) in [6.07, 6.45) is 3.82. The monoisotopic (exact) mass is 378 g/mol. The molecule has 2 aromatic rings. The van der Waals surface area contributed by atoms with Gasteiger partial charge in [0.25, 0.3) is 0 Å². The van der Waals surface area contributed by atoms with E-state index in [2.05, 4.69) is 19.2 Å². The highest BCUT2D eigenvalue weighted by Gasteiger charge is 2.28. The number of nitrogens with zero attached hydrogens (tertiary/aromatic N) is 1. The third kappa shape index (κ3) is 5.00. The van der Waals surface area contributed by atoms with Gasteiger partial charge in [0.05, 0.1) is 0 Å². The minimum Gasteiger partial charge on any atom is -0.353 e. The molecule has 148 valence electrons. The summed E-state index contributed by atoms with van der Waals surface area (Å²) in [6.45, 7) is 4.47. The molecular formula is C24H30N2O2. The van der Waals surface area contributed by atoms with Crippen LogP contribution >= 0.6 is 0 Å². The zero-order valence-corrected chi connectivity index (χ0v) is 16.8. The zero-order chi connectivity index (χ0) is 19.9. The van der Waals surface area contributed by atoms with Gasteiger partial charge in [0.2, 0.25) is 11.8 Å². The Balaban J connectivity index is 1.63. The molecule has 0 radical (unpaired) electrons. The predicted octanol–water partition coefficient (Wildman–Crippen LogP) is 5.07. The van der Waals surface area contributed by atoms with Crippen LogP contribution in [0.3, 0.4) is 0 Å². The van der Waals surface area contributed by atoms with Gasteiger partial charge < -0.3 is 5.32 Å². The molecule has 0 unspecified atom stereocenters. The Kier molecular flexibility index (Phi) is 6.85. The van der Waals surface area contributed by atoms with Crippen molar-refractivity contribution in [1.82, 2.24) is 5.32 Å². The molecule has 1 saturated carbocycles. The van der Waals surface area contributed by atoms with Crippen molar-refractivity contribution in [1.29, 1.82) is 0 Å². The van der Waals surface area contributed by atoms with Crippen molar-refractivity contribution in [3.8, 4) is 0 Å². The topological polar surface area (TPSA) is 49.4 Å². The first-order valence-electron chi connectivity index (χ1n) is 10.3. The molecule has 2 amide bonds. The van der Waals surface area contributed by atoms with E-state index in [9.17, 15) is 9.59 Å². The molecule has 0 aromatic heterocycles. The fraction of sp³-hybridized carbons (Fsp3) is 0.417. The van der Waals surface area contributed by atoms with Crippen molar-refractivity contribution in [3.63, 3.8) is 0 Å². The maximum Gasteiger partial charge on any atom is 0.232 e. The van der Waals surface area contributed by atoms with Crippen molar-refractivity contribution < 1.29 is 9.59 Å². The largest absolute Gasteiger partial charge is 0.353 e. The number of hydrogen-bond donors (Lipinski definition) is 1. The molecule has 4 heteroatoms. The van der Waals surface area contributed by atoms with Crippen LogP contribution in [0.1, 0.15) is 46.0 Å². The van der Waals surface area contributed by atoms with Crippen LogP contribution in [0, 0.1) is 11.8 Å². The number of amides is 2. The minimum atomic E-state index is -0.0717. The van der Waals surface area contributed by atoms with Crippen LogP contribution in [0.25, 0.3) is 0 Å². The number of anilines is 2. The van der Waals surface area contributed by atoms with Gasteiger partial charge in [0, 0.05) is 30.3 Å². The van der Waals surface area contributed by atoms with Crippen LogP contribution in [0.5, 0.6) is 0 Å². The van der Waals surface area contributed by atoms with Crippen molar-refractivity contribution >= 4 is 23.2 Å². The first-order chi connectivity index (χ1) is 13.6. The van der Waals surface area contributed by atoms with E-state index in [0.717, 1.165) is 24.2 Å². The molecule has 1 N–H and O–H groups in total. The van der Waals surface area contributed by atoms with Crippen molar-refractivity contribution in [2.75, 3.05) is 4.90 Å². The van der Waals surface area contributed by atoms with E-state index in [0.29, 0.717) is 11.8 Å². The molecule has 1 aliphatic rings. The average molecular weight is 379 g/mol. The van der Waals surface area contributed by atoms with Crippen LogP contribution in [-0.4, -0.2) is 17.9 Å². The number of para-hydroxylation sites is 2. The second-order valence-corrected chi connectivity index (χ2v) is 7.84. The fourth-order valence-corrected chi connectivity index (χ4v) is 3.99. The van der Waals surface area contributed by atoms with Crippen LogP contribution in [0.15, 0.2) is 60.7 Å². The second-order valence-electron chi connectivity index (χ2n) is 7.84. The van der Waals surface area contributed by atoms with E-state index in [-0.39, 0.29) is 30.7 Å². The maximum atomic E-state index is 13.0. The zero-order valence-electron chi connectivity index (χ0n) is 16.8. The summed E-state index contributed by atoms with van der Waals surface area (Å²) in [7, 11) is 0. The van der Waals surface area contributed by atoms with E-state index < -0.39 is 0 Å². The standard InChI is InChI=1S/C24H30N2O2/c1-18-10-9-15-22(19(18)2)25-23(27)16-17-24(28)26(20-11-5-3-6-12-20)21-13-7-4-8-14-21/h3-8,11-14,18-19,22H,9-10,15-17H2,1-2H3,(H,25,27)/t18-,19-,22-/m1/s1. The van der Waals surface area contributed by atoms with E-state index in [1.165, 1.54) is 6.42 Å². The van der Waals surface area contributed by atoms with Crippen LogP contribution < -0.4 is 10.2 Å². The summed E-state index contributed by atoms with van der Waals surface area (Å²) in [6, 6.07) is 19.4. The molecule has 0 aliphatic heterocycles. The highest BCUT2D eigenvalue weighted by atomic mass is 16.2. The summed E-state index contributed by atoms with van der Waals surface area (Å²) >= 11 is 0. The Hall–Kier alpha value is -2.62. The molecule has 28 heavy (non-hydrogen) atoms. The molecular weight excluding hydrogens is 348 g/mol. The van der Waals surface area contributed by atoms with Crippen LogP contribution in [0.2, 0.25) is 0 Å². The molecule has 4 nitrogen and oxygen atoms in total. The average Bonchev–Trinajstić information content (AvgIpc) is 2.72. The summed E-state index contributed by atoms with van der Waals surface area (Å²) < 4.78 is 0. The van der Waals surface area contributed by atoms with Crippen molar-refractivity contribution in [2.45, 2.75) is 52.0 Å². The van der Waals surface area contributed by atoms with E-state index in [1.807, 2.05) is 60.7 Å². The predicted molar refractivity (Wildman–Crippen MR) is 113 cm³/mol. The van der Waals surface area contributed by atoms with E-state index in [1.54, 1.807) is 4.90 Å². The summed E-state index contributed by atoms with van der Waals surface area (Å²) in [4.78, 5) is 27.2. The number of carbonyl (C=O) groups excluding carboxylic acids is 2. The Labute approximate surface area is 167 Å². The van der Waals surface area contributed by atoms with Gasteiger partial charge in [0.1, 0.15) is 0 Å². The number of rotatable bonds is 6. The molecule has 3 rings (SSSR count). The molecule has 0 bridgehead atoms. The smallest absolute Gasteiger partial charge is 0.232 e. The Bertz CT molecular complexity index is 736. The van der Waals surface area contributed by atoms with Gasteiger partial charge in [-0.25, -0.2) is 0 Å². The number of nitrogens with one attached hydrogen (secondary N) is 1. The highest BCUT2D eigenvalue weighted by molar-refractivity contribution is 6.01. The summed E-state index contributed by atoms with van der Waals surface area (Å²) in [5.41, 5.74) is 1.63. The van der Waals surface area contributed by atoms with Gasteiger partial charge in [-0.1, -0.05) is 63.1 Å². The second kappa shape index (κ2) is 9.54. The molecule has 1 fully saturated rings. The van der Waals surface area contributed by atoms with E-state index in [4.69, 9.17) is 0 Å². The lowest BCUT2D eigenvalue weighted by atomic mass is 9.78. The van der Waals surface area contributed by atoms with Gasteiger partial charge in [0.15, 0.2) is 0 Å². The lowest BCUT2D eigenvalue weighted by molar-refractivity contribution is -0.126. The highest BCUT2D eigenvalue weighted by Crippen LogP contribution is 2.30. The Morgan fingerprint density at radius 2 is 1.46 bits per heavy atom. The molecule has 0 heterocycles.